The van der Waals surface area contributed by atoms with Gasteiger partial charge in [-0.2, -0.15) is 0 Å². The highest BCUT2D eigenvalue weighted by atomic mass is 16.5. The SMILES string of the molecule is CC(C)Oc1cccc(C2CC2(N)C(=O)O)c1. The van der Waals surface area contributed by atoms with Crippen LogP contribution in [0.4, 0.5) is 0 Å². The highest BCUT2D eigenvalue weighted by molar-refractivity contribution is 5.84. The largest absolute Gasteiger partial charge is 0.491 e. The molecule has 4 heteroatoms. The highest BCUT2D eigenvalue weighted by Gasteiger charge is 2.58. The van der Waals surface area contributed by atoms with Gasteiger partial charge in [0.2, 0.25) is 0 Å². The number of carboxylic acid groups (broad SMARTS) is 1. The summed E-state index contributed by atoms with van der Waals surface area (Å²) in [6.07, 6.45) is 0.597. The van der Waals surface area contributed by atoms with Crippen molar-refractivity contribution in [1.29, 1.82) is 0 Å². The van der Waals surface area contributed by atoms with Crippen LogP contribution in [0, 0.1) is 0 Å². The molecule has 0 spiro atoms. The fourth-order valence-electron chi connectivity index (χ4n) is 2.01. The maximum atomic E-state index is 11.0. The van der Waals surface area contributed by atoms with Crippen LogP contribution in [0.25, 0.3) is 0 Å². The van der Waals surface area contributed by atoms with Gasteiger partial charge in [0.15, 0.2) is 0 Å². The summed E-state index contributed by atoms with van der Waals surface area (Å²) in [5, 5.41) is 9.00. The van der Waals surface area contributed by atoms with Crippen molar-refractivity contribution < 1.29 is 14.6 Å². The Morgan fingerprint density at radius 1 is 1.59 bits per heavy atom. The van der Waals surface area contributed by atoms with Gasteiger partial charge in [0.05, 0.1) is 6.10 Å². The molecular weight excluding hydrogens is 218 g/mol. The van der Waals surface area contributed by atoms with Gasteiger partial charge in [-0.15, -0.1) is 0 Å². The predicted molar refractivity (Wildman–Crippen MR) is 64.1 cm³/mol. The summed E-state index contributed by atoms with van der Waals surface area (Å²) in [6.45, 7) is 3.91. The minimum Gasteiger partial charge on any atom is -0.491 e. The molecule has 0 aliphatic heterocycles. The first-order valence-corrected chi connectivity index (χ1v) is 5.72. The minimum absolute atomic E-state index is 0.101. The zero-order valence-corrected chi connectivity index (χ0v) is 10.0. The van der Waals surface area contributed by atoms with Gasteiger partial charge >= 0.3 is 5.97 Å². The zero-order valence-electron chi connectivity index (χ0n) is 10.0. The highest BCUT2D eigenvalue weighted by Crippen LogP contribution is 2.50. The number of rotatable bonds is 4. The summed E-state index contributed by atoms with van der Waals surface area (Å²) in [4.78, 5) is 11.0. The normalized spacial score (nSPS) is 26.9. The number of benzene rings is 1. The second-order valence-corrected chi connectivity index (χ2v) is 4.84. The maximum Gasteiger partial charge on any atom is 0.324 e. The monoisotopic (exact) mass is 235 g/mol. The van der Waals surface area contributed by atoms with Gasteiger partial charge in [0.1, 0.15) is 11.3 Å². The molecular formula is C13H17NO3. The summed E-state index contributed by atoms with van der Waals surface area (Å²) in [5.41, 5.74) is 5.63. The molecule has 0 bridgehead atoms. The lowest BCUT2D eigenvalue weighted by Gasteiger charge is -2.11. The molecule has 0 amide bonds. The third-order valence-corrected chi connectivity index (χ3v) is 3.03. The van der Waals surface area contributed by atoms with Crippen LogP contribution in [0.2, 0.25) is 0 Å². The van der Waals surface area contributed by atoms with E-state index in [0.29, 0.717) is 6.42 Å². The first kappa shape index (κ1) is 11.9. The Labute approximate surface area is 100 Å². The number of hydrogen-bond acceptors (Lipinski definition) is 3. The Balaban J connectivity index is 2.16. The molecule has 0 heterocycles. The van der Waals surface area contributed by atoms with Gasteiger partial charge in [-0.05, 0) is 38.0 Å². The lowest BCUT2D eigenvalue weighted by molar-refractivity contribution is -0.139. The van der Waals surface area contributed by atoms with Crippen molar-refractivity contribution >= 4 is 5.97 Å². The smallest absolute Gasteiger partial charge is 0.324 e. The quantitative estimate of drug-likeness (QED) is 0.833. The van der Waals surface area contributed by atoms with Gasteiger partial charge in [-0.3, -0.25) is 4.79 Å². The molecule has 17 heavy (non-hydrogen) atoms. The van der Waals surface area contributed by atoms with E-state index in [9.17, 15) is 4.79 Å². The lowest BCUT2D eigenvalue weighted by Crippen LogP contribution is -2.34. The van der Waals surface area contributed by atoms with E-state index in [1.54, 1.807) is 0 Å². The van der Waals surface area contributed by atoms with Crippen molar-refractivity contribution in [3.05, 3.63) is 29.8 Å². The van der Waals surface area contributed by atoms with E-state index >= 15 is 0 Å². The first-order valence-electron chi connectivity index (χ1n) is 5.72. The molecule has 2 atom stereocenters. The molecule has 4 nitrogen and oxygen atoms in total. The second kappa shape index (κ2) is 4.04. The lowest BCUT2D eigenvalue weighted by atomic mass is 10.1. The van der Waals surface area contributed by atoms with Crippen molar-refractivity contribution in [2.45, 2.75) is 37.8 Å². The Morgan fingerprint density at radius 2 is 2.29 bits per heavy atom. The number of hydrogen-bond donors (Lipinski definition) is 2. The van der Waals surface area contributed by atoms with Gasteiger partial charge in [-0.1, -0.05) is 12.1 Å². The van der Waals surface area contributed by atoms with E-state index in [1.807, 2.05) is 38.1 Å². The number of aliphatic carboxylic acids is 1. The summed E-state index contributed by atoms with van der Waals surface area (Å²) in [6, 6.07) is 7.51. The molecule has 1 fully saturated rings. The summed E-state index contributed by atoms with van der Waals surface area (Å²) in [5.74, 6) is -0.273. The molecule has 1 aliphatic rings. The standard InChI is InChI=1S/C13H17NO3/c1-8(2)17-10-5-3-4-9(6-10)11-7-13(11,14)12(15)16/h3-6,8,11H,7,14H2,1-2H3,(H,15,16). The minimum atomic E-state index is -1.09. The molecule has 0 saturated heterocycles. The molecule has 3 N–H and O–H groups in total. The van der Waals surface area contributed by atoms with Crippen LogP contribution < -0.4 is 10.5 Å². The molecule has 1 aliphatic carbocycles. The maximum absolute atomic E-state index is 11.0. The van der Waals surface area contributed by atoms with E-state index in [0.717, 1.165) is 11.3 Å². The predicted octanol–water partition coefficient (Wildman–Crippen LogP) is 1.74. The summed E-state index contributed by atoms with van der Waals surface area (Å²) in [7, 11) is 0. The van der Waals surface area contributed by atoms with Crippen LogP contribution in [0.15, 0.2) is 24.3 Å². The average molecular weight is 235 g/mol. The Bertz CT molecular complexity index is 444. The van der Waals surface area contributed by atoms with Gasteiger partial charge in [0, 0.05) is 5.92 Å². The molecule has 1 aromatic carbocycles. The zero-order chi connectivity index (χ0) is 12.6. The van der Waals surface area contributed by atoms with Crippen LogP contribution in [0.1, 0.15) is 31.7 Å². The van der Waals surface area contributed by atoms with Crippen LogP contribution in [0.3, 0.4) is 0 Å². The number of nitrogens with two attached hydrogens (primary N) is 1. The molecule has 0 aromatic heterocycles. The Kier molecular flexibility index (Phi) is 2.83. The molecule has 1 aromatic rings. The van der Waals surface area contributed by atoms with Gasteiger partial charge in [0.25, 0.3) is 0 Å². The van der Waals surface area contributed by atoms with Crippen molar-refractivity contribution in [2.24, 2.45) is 5.73 Å². The second-order valence-electron chi connectivity index (χ2n) is 4.84. The van der Waals surface area contributed by atoms with Crippen molar-refractivity contribution in [3.8, 4) is 5.75 Å². The van der Waals surface area contributed by atoms with E-state index in [4.69, 9.17) is 15.6 Å². The summed E-state index contributed by atoms with van der Waals surface area (Å²) >= 11 is 0. The summed E-state index contributed by atoms with van der Waals surface area (Å²) < 4.78 is 5.57. The van der Waals surface area contributed by atoms with Crippen LogP contribution in [-0.4, -0.2) is 22.7 Å². The third kappa shape index (κ3) is 2.26. The van der Waals surface area contributed by atoms with Crippen LogP contribution in [-0.2, 0) is 4.79 Å². The van der Waals surface area contributed by atoms with Gasteiger partial charge < -0.3 is 15.6 Å². The van der Waals surface area contributed by atoms with Crippen molar-refractivity contribution in [3.63, 3.8) is 0 Å². The topological polar surface area (TPSA) is 72.5 Å². The molecule has 2 rings (SSSR count). The number of carbonyl (C=O) groups is 1. The molecule has 0 radical (unpaired) electrons. The van der Waals surface area contributed by atoms with E-state index < -0.39 is 11.5 Å². The van der Waals surface area contributed by atoms with Crippen LogP contribution in [0.5, 0.6) is 5.75 Å². The Morgan fingerprint density at radius 3 is 2.82 bits per heavy atom. The van der Waals surface area contributed by atoms with E-state index in [1.165, 1.54) is 0 Å². The fourth-order valence-corrected chi connectivity index (χ4v) is 2.01. The molecule has 1 saturated carbocycles. The van der Waals surface area contributed by atoms with E-state index in [2.05, 4.69) is 0 Å². The molecule has 2 unspecified atom stereocenters. The van der Waals surface area contributed by atoms with E-state index in [-0.39, 0.29) is 12.0 Å². The van der Waals surface area contributed by atoms with Gasteiger partial charge in [-0.25, -0.2) is 0 Å². The number of ether oxygens (including phenoxy) is 1. The van der Waals surface area contributed by atoms with Crippen LogP contribution >= 0.6 is 0 Å². The van der Waals surface area contributed by atoms with Crippen molar-refractivity contribution in [2.75, 3.05) is 0 Å². The van der Waals surface area contributed by atoms with Crippen molar-refractivity contribution in [1.82, 2.24) is 0 Å². The third-order valence-electron chi connectivity index (χ3n) is 3.03. The molecule has 92 valence electrons. The fraction of sp³-hybridized carbons (Fsp3) is 0.462. The number of carboxylic acids is 1. The Hall–Kier alpha value is -1.55. The average Bonchev–Trinajstić information content (AvgIpc) is 2.92. The first-order chi connectivity index (χ1) is 7.93.